The molecule has 6 nitrogen and oxygen atoms in total. The van der Waals surface area contributed by atoms with Gasteiger partial charge in [0.05, 0.1) is 17.3 Å². The van der Waals surface area contributed by atoms with Crippen LogP contribution in [0.15, 0.2) is 85.7 Å². The summed E-state index contributed by atoms with van der Waals surface area (Å²) < 4.78 is 20.6. The van der Waals surface area contributed by atoms with Gasteiger partial charge in [-0.2, -0.15) is 5.10 Å². The molecule has 0 aliphatic rings. The molecule has 190 valence electrons. The van der Waals surface area contributed by atoms with Crippen LogP contribution in [-0.2, 0) is 13.0 Å². The minimum Gasteiger partial charge on any atom is -0.490 e. The van der Waals surface area contributed by atoms with Gasteiger partial charge in [0.25, 0.3) is 0 Å². The first kappa shape index (κ1) is 27.4. The Labute approximate surface area is 245 Å². The van der Waals surface area contributed by atoms with Crippen molar-refractivity contribution < 1.29 is 18.7 Å². The lowest BCUT2D eigenvalue weighted by molar-refractivity contribution is 0.0929. The highest BCUT2D eigenvalue weighted by molar-refractivity contribution is 14.1. The third kappa shape index (κ3) is 7.03. The molecule has 4 aromatic rings. The molecule has 0 saturated carbocycles. The molecule has 1 amide bonds. The monoisotopic (exact) mass is 736 g/mol. The lowest BCUT2D eigenvalue weighted by Crippen LogP contribution is -2.16. The fraction of sp³-hybridized carbons (Fsp3) is 0.143. The molecule has 0 aliphatic heterocycles. The molecule has 3 aromatic carbocycles. The zero-order valence-electron chi connectivity index (χ0n) is 19.9. The maximum absolute atomic E-state index is 12.6. The maximum atomic E-state index is 12.6. The summed E-state index contributed by atoms with van der Waals surface area (Å²) in [6.07, 6.45) is 3.95. The number of allylic oxidation sites excluding steroid dienone is 1. The molecule has 9 heteroatoms. The van der Waals surface area contributed by atoms with Gasteiger partial charge < -0.3 is 13.9 Å². The predicted octanol–water partition coefficient (Wildman–Crippen LogP) is 8.03. The number of amides is 1. The lowest BCUT2D eigenvalue weighted by atomic mass is 10.1. The molecule has 1 heterocycles. The van der Waals surface area contributed by atoms with Crippen LogP contribution in [0.25, 0.3) is 11.0 Å². The summed E-state index contributed by atoms with van der Waals surface area (Å²) in [6, 6.07) is 17.4. The second kappa shape index (κ2) is 12.7. The van der Waals surface area contributed by atoms with E-state index < -0.39 is 5.91 Å². The van der Waals surface area contributed by atoms with Crippen molar-refractivity contribution in [3.63, 3.8) is 0 Å². The van der Waals surface area contributed by atoms with Crippen LogP contribution in [-0.4, -0.2) is 18.7 Å². The van der Waals surface area contributed by atoms with Crippen LogP contribution < -0.4 is 14.9 Å². The van der Waals surface area contributed by atoms with Gasteiger partial charge in [0.1, 0.15) is 12.2 Å². The van der Waals surface area contributed by atoms with Gasteiger partial charge in [-0.05, 0) is 105 Å². The number of hydrazone groups is 1. The molecule has 4 rings (SSSR count). The first-order valence-electron chi connectivity index (χ1n) is 11.4. The molecule has 0 fully saturated rings. The second-order valence-electron chi connectivity index (χ2n) is 7.96. The normalized spacial score (nSPS) is 11.1. The highest BCUT2D eigenvalue weighted by atomic mass is 127. The summed E-state index contributed by atoms with van der Waals surface area (Å²) >= 11 is 9.17. The van der Waals surface area contributed by atoms with Gasteiger partial charge in [0, 0.05) is 19.0 Å². The SMILES string of the molecule is C=CCc1cc(/C=N\NC(=O)c2cc3cc(Br)cc(Br)c3o2)cc(OCC)c1OCc1ccc(I)cc1. The van der Waals surface area contributed by atoms with Crippen LogP contribution >= 0.6 is 54.5 Å². The Morgan fingerprint density at radius 3 is 2.65 bits per heavy atom. The van der Waals surface area contributed by atoms with E-state index >= 15 is 0 Å². The van der Waals surface area contributed by atoms with E-state index in [1.165, 1.54) is 3.57 Å². The quantitative estimate of drug-likeness (QED) is 0.0775. The molecular formula is C28H23Br2IN2O4. The van der Waals surface area contributed by atoms with Gasteiger partial charge in [-0.1, -0.05) is 34.1 Å². The van der Waals surface area contributed by atoms with Crippen LogP contribution in [0.4, 0.5) is 0 Å². The molecule has 0 atom stereocenters. The number of carbonyl (C=O) groups excluding carboxylic acids is 1. The fourth-order valence-electron chi connectivity index (χ4n) is 3.64. The van der Waals surface area contributed by atoms with Crippen LogP contribution in [0.1, 0.15) is 34.2 Å². The number of halogens is 3. The Morgan fingerprint density at radius 1 is 1.14 bits per heavy atom. The molecule has 0 bridgehead atoms. The molecular weight excluding hydrogens is 715 g/mol. The molecule has 37 heavy (non-hydrogen) atoms. The molecule has 0 spiro atoms. The molecule has 1 aromatic heterocycles. The van der Waals surface area contributed by atoms with E-state index in [0.29, 0.717) is 36.7 Å². The Hall–Kier alpha value is -2.63. The van der Waals surface area contributed by atoms with E-state index in [1.54, 1.807) is 12.3 Å². The molecule has 0 unspecified atom stereocenters. The van der Waals surface area contributed by atoms with E-state index in [0.717, 1.165) is 31.0 Å². The van der Waals surface area contributed by atoms with Gasteiger partial charge in [-0.3, -0.25) is 4.79 Å². The van der Waals surface area contributed by atoms with Crippen molar-refractivity contribution in [1.82, 2.24) is 5.43 Å². The van der Waals surface area contributed by atoms with Crippen LogP contribution in [0.2, 0.25) is 0 Å². The smallest absolute Gasteiger partial charge is 0.307 e. The Balaban J connectivity index is 1.53. The minimum atomic E-state index is -0.454. The summed E-state index contributed by atoms with van der Waals surface area (Å²) in [5, 5.41) is 4.93. The third-order valence-corrected chi connectivity index (χ3v) is 7.02. The van der Waals surface area contributed by atoms with E-state index in [-0.39, 0.29) is 5.76 Å². The number of nitrogens with zero attached hydrogens (tertiary/aromatic N) is 1. The summed E-state index contributed by atoms with van der Waals surface area (Å²) in [6.45, 7) is 6.68. The van der Waals surface area contributed by atoms with E-state index in [4.69, 9.17) is 13.9 Å². The average molecular weight is 738 g/mol. The number of furan rings is 1. The number of hydrogen-bond acceptors (Lipinski definition) is 5. The molecule has 0 radical (unpaired) electrons. The first-order valence-corrected chi connectivity index (χ1v) is 14.0. The highest BCUT2D eigenvalue weighted by Crippen LogP contribution is 2.34. The van der Waals surface area contributed by atoms with Gasteiger partial charge >= 0.3 is 5.91 Å². The fourth-order valence-corrected chi connectivity index (χ4v) is 5.33. The summed E-state index contributed by atoms with van der Waals surface area (Å²) in [4.78, 5) is 12.6. The second-order valence-corrected chi connectivity index (χ2v) is 11.0. The van der Waals surface area contributed by atoms with Crippen molar-refractivity contribution in [2.45, 2.75) is 20.0 Å². The number of nitrogens with one attached hydrogen (secondary N) is 1. The topological polar surface area (TPSA) is 73.1 Å². The molecule has 1 N–H and O–H groups in total. The van der Waals surface area contributed by atoms with Gasteiger partial charge in [-0.25, -0.2) is 5.43 Å². The van der Waals surface area contributed by atoms with Gasteiger partial charge in [0.2, 0.25) is 0 Å². The van der Waals surface area contributed by atoms with Crippen molar-refractivity contribution in [2.75, 3.05) is 6.61 Å². The Bertz CT molecular complexity index is 1470. The van der Waals surface area contributed by atoms with E-state index in [1.807, 2.05) is 61.5 Å². The number of hydrogen-bond donors (Lipinski definition) is 1. The predicted molar refractivity (Wildman–Crippen MR) is 162 cm³/mol. The highest BCUT2D eigenvalue weighted by Gasteiger charge is 2.15. The zero-order valence-corrected chi connectivity index (χ0v) is 25.2. The van der Waals surface area contributed by atoms with Crippen molar-refractivity contribution in [2.24, 2.45) is 5.10 Å². The van der Waals surface area contributed by atoms with Crippen molar-refractivity contribution in [3.8, 4) is 11.5 Å². The van der Waals surface area contributed by atoms with Crippen LogP contribution in [0, 0.1) is 3.57 Å². The number of benzene rings is 3. The number of carbonyl (C=O) groups is 1. The van der Waals surface area contributed by atoms with Crippen molar-refractivity contribution >= 4 is 77.5 Å². The Kier molecular flexibility index (Phi) is 9.44. The maximum Gasteiger partial charge on any atom is 0.307 e. The van der Waals surface area contributed by atoms with Crippen molar-refractivity contribution in [1.29, 1.82) is 0 Å². The third-order valence-electron chi connectivity index (χ3n) is 5.25. The summed E-state index contributed by atoms with van der Waals surface area (Å²) in [5.74, 6) is 0.977. The average Bonchev–Trinajstić information content (AvgIpc) is 3.30. The summed E-state index contributed by atoms with van der Waals surface area (Å²) in [7, 11) is 0. The number of fused-ring (bicyclic) bond motifs is 1. The molecule has 0 aliphatic carbocycles. The lowest BCUT2D eigenvalue weighted by Gasteiger charge is -2.17. The Morgan fingerprint density at radius 2 is 1.92 bits per heavy atom. The molecule has 0 saturated heterocycles. The standard InChI is InChI=1S/C28H23Br2IN2O4/c1-3-5-19-10-18(11-24(35-4-2)27(19)36-16-17-6-8-22(31)9-7-17)15-32-33-28(34)25-13-20-12-21(29)14-23(30)26(20)37-25/h3,6-15H,1,4-5,16H2,2H3,(H,33,34)/b32-15-. The zero-order chi connectivity index (χ0) is 26.4. The van der Waals surface area contributed by atoms with Crippen molar-refractivity contribution in [3.05, 3.63) is 102 Å². The summed E-state index contributed by atoms with van der Waals surface area (Å²) in [5.41, 5.74) is 5.84. The van der Waals surface area contributed by atoms with E-state index in [2.05, 4.69) is 71.6 Å². The largest absolute Gasteiger partial charge is 0.490 e. The number of ether oxygens (including phenoxy) is 2. The van der Waals surface area contributed by atoms with Crippen LogP contribution in [0.5, 0.6) is 11.5 Å². The number of rotatable bonds is 10. The van der Waals surface area contributed by atoms with Gasteiger partial charge in [-0.15, -0.1) is 6.58 Å². The van der Waals surface area contributed by atoms with Gasteiger partial charge in [0.15, 0.2) is 17.3 Å². The van der Waals surface area contributed by atoms with E-state index in [9.17, 15) is 4.79 Å². The van der Waals surface area contributed by atoms with Crippen LogP contribution in [0.3, 0.4) is 0 Å². The first-order chi connectivity index (χ1) is 17.9. The minimum absolute atomic E-state index is 0.160.